The quantitative estimate of drug-likeness (QED) is 0.212. The highest BCUT2D eigenvalue weighted by atomic mass is 32.2. The third kappa shape index (κ3) is 14.4. The highest BCUT2D eigenvalue weighted by Crippen LogP contribution is 2.27. The molecular formula is C11H17F10N3O6S2. The lowest BCUT2D eigenvalue weighted by atomic mass is 10.1. The Bertz CT molecular complexity index is 830. The van der Waals surface area contributed by atoms with Crippen molar-refractivity contribution in [3.8, 4) is 0 Å². The molecule has 32 heavy (non-hydrogen) atoms. The van der Waals surface area contributed by atoms with Gasteiger partial charge in [-0.15, -0.1) is 0 Å². The Balaban J connectivity index is -0.000000351. The van der Waals surface area contributed by atoms with Gasteiger partial charge in [-0.25, -0.2) is 22.4 Å². The maximum Gasteiger partial charge on any atom is 0.522 e. The number of halogens is 10. The molecule has 4 N–H and O–H groups in total. The van der Waals surface area contributed by atoms with Crippen LogP contribution in [0.3, 0.4) is 0 Å². The van der Waals surface area contributed by atoms with Gasteiger partial charge in [-0.1, -0.05) is 0 Å². The third-order valence-corrected chi connectivity index (χ3v) is 3.77. The highest BCUT2D eigenvalue weighted by Gasteiger charge is 2.48. The van der Waals surface area contributed by atoms with Crippen molar-refractivity contribution in [1.29, 1.82) is 0 Å². The van der Waals surface area contributed by atoms with Crippen LogP contribution in [0, 0.1) is 6.92 Å². The number of hydrogen-bond donors (Lipinski definition) is 3. The molecule has 0 aliphatic rings. The van der Waals surface area contributed by atoms with Crippen molar-refractivity contribution in [3.63, 3.8) is 0 Å². The molecule has 9 nitrogen and oxygen atoms in total. The molecule has 21 heteroatoms. The molecule has 0 radical (unpaired) electrons. The summed E-state index contributed by atoms with van der Waals surface area (Å²) in [5, 5.41) is 0. The summed E-state index contributed by atoms with van der Waals surface area (Å²) in [4.78, 5) is 3.03. The zero-order valence-corrected chi connectivity index (χ0v) is 17.6. The van der Waals surface area contributed by atoms with E-state index in [1.807, 2.05) is 30.9 Å². The van der Waals surface area contributed by atoms with E-state index < -0.39 is 49.6 Å². The van der Waals surface area contributed by atoms with Crippen LogP contribution in [0.15, 0.2) is 12.4 Å². The first kappa shape index (κ1) is 34.9. The first-order valence-corrected chi connectivity index (χ1v) is 9.93. The van der Waals surface area contributed by atoms with Gasteiger partial charge in [-0.3, -0.25) is 4.55 Å². The summed E-state index contributed by atoms with van der Waals surface area (Å²) in [6.07, 6.45) is -0.758. The number of alkyl halides is 10. The second-order valence-corrected chi connectivity index (χ2v) is 8.31. The van der Waals surface area contributed by atoms with E-state index in [2.05, 4.69) is 10.7 Å². The van der Waals surface area contributed by atoms with E-state index in [1.54, 1.807) is 0 Å². The lowest BCUT2D eigenvalue weighted by molar-refractivity contribution is -0.676. The number of aromatic nitrogens is 2. The molecule has 1 heterocycles. The van der Waals surface area contributed by atoms with Gasteiger partial charge in [-0.05, 0) is 6.92 Å². The third-order valence-electron chi connectivity index (χ3n) is 2.62. The van der Waals surface area contributed by atoms with Crippen molar-refractivity contribution in [2.45, 2.75) is 36.6 Å². The molecule has 1 atom stereocenters. The summed E-state index contributed by atoms with van der Waals surface area (Å²) in [5.74, 6) is 1.18. The normalized spacial score (nSPS) is 14.5. The van der Waals surface area contributed by atoms with Crippen LogP contribution >= 0.6 is 0 Å². The summed E-state index contributed by atoms with van der Waals surface area (Å²) in [6.45, 7) is 1.05. The number of nitrogens with zero attached hydrogens (tertiary/aromatic N) is 1. The van der Waals surface area contributed by atoms with Crippen LogP contribution in [0.1, 0.15) is 12.7 Å². The predicted molar refractivity (Wildman–Crippen MR) is 84.7 cm³/mol. The fraction of sp³-hybridized carbons (Fsp3) is 0.727. The molecule has 1 aromatic heterocycles. The lowest BCUT2D eigenvalue weighted by Crippen LogP contribution is -2.52. The number of nitrogens with two attached hydrogens (primary N) is 1. The van der Waals surface area contributed by atoms with Crippen LogP contribution in [-0.2, 0) is 27.3 Å². The molecule has 1 unspecified atom stereocenters. The average Bonchev–Trinajstić information content (AvgIpc) is 2.87. The Labute approximate surface area is 174 Å². The van der Waals surface area contributed by atoms with Crippen molar-refractivity contribution in [1.82, 2.24) is 4.98 Å². The minimum absolute atomic E-state index is 0.604. The van der Waals surface area contributed by atoms with Gasteiger partial charge in [-0.2, -0.15) is 47.9 Å². The number of rotatable bonds is 1. The number of aryl methyl sites for hydroxylation is 2. The highest BCUT2D eigenvalue weighted by molar-refractivity contribution is 7.86. The van der Waals surface area contributed by atoms with E-state index >= 15 is 0 Å². The summed E-state index contributed by atoms with van der Waals surface area (Å²) >= 11 is 0. The number of imidazole rings is 1. The van der Waals surface area contributed by atoms with E-state index in [9.17, 15) is 43.9 Å². The first-order chi connectivity index (χ1) is 13.6. The first-order valence-electron chi connectivity index (χ1n) is 7.09. The molecule has 0 aliphatic carbocycles. The number of hydrogen-bond acceptors (Lipinski definition) is 6. The molecule has 0 saturated heterocycles. The number of aromatic amines is 1. The van der Waals surface area contributed by atoms with E-state index in [4.69, 9.17) is 25.9 Å². The van der Waals surface area contributed by atoms with Crippen molar-refractivity contribution in [3.05, 3.63) is 18.2 Å². The molecule has 0 spiro atoms. The van der Waals surface area contributed by atoms with Gasteiger partial charge < -0.3 is 10.3 Å². The summed E-state index contributed by atoms with van der Waals surface area (Å²) < 4.78 is 164. The summed E-state index contributed by atoms with van der Waals surface area (Å²) in [5.41, 5.74) is -9.38. The van der Waals surface area contributed by atoms with Crippen molar-refractivity contribution in [2.24, 2.45) is 12.8 Å². The number of H-pyrrole nitrogens is 1. The van der Waals surface area contributed by atoms with Gasteiger partial charge in [0.15, 0.2) is 10.1 Å². The molecule has 0 saturated carbocycles. The molecule has 0 bridgehead atoms. The fourth-order valence-electron chi connectivity index (χ4n) is 0.559. The molecular weight excluding hydrogens is 524 g/mol. The van der Waals surface area contributed by atoms with E-state index in [-0.39, 0.29) is 0 Å². The maximum atomic E-state index is 11.5. The van der Waals surface area contributed by atoms with Crippen molar-refractivity contribution >= 4 is 20.2 Å². The van der Waals surface area contributed by atoms with Crippen LogP contribution in [0.5, 0.6) is 0 Å². The van der Waals surface area contributed by atoms with Crippen LogP contribution in [0.4, 0.5) is 43.9 Å². The monoisotopic (exact) mass is 541 g/mol. The summed E-state index contributed by atoms with van der Waals surface area (Å²) in [7, 11) is -9.92. The van der Waals surface area contributed by atoms with E-state index in [0.29, 0.717) is 6.92 Å². The minimum atomic E-state index is -6.09. The summed E-state index contributed by atoms with van der Waals surface area (Å²) in [6, 6.07) is 0. The lowest BCUT2D eigenvalue weighted by Gasteiger charge is -2.23. The zero-order valence-electron chi connectivity index (χ0n) is 16.0. The molecule has 0 amide bonds. The average molecular weight is 541 g/mol. The fourth-order valence-corrected chi connectivity index (χ4v) is 0.559. The van der Waals surface area contributed by atoms with Crippen LogP contribution in [-0.4, -0.2) is 60.3 Å². The maximum absolute atomic E-state index is 11.5. The van der Waals surface area contributed by atoms with Crippen LogP contribution in [0.25, 0.3) is 0 Å². The Morgan fingerprint density at radius 1 is 1.03 bits per heavy atom. The largest absolute Gasteiger partial charge is 0.741 e. The second kappa shape index (κ2) is 12.0. The van der Waals surface area contributed by atoms with Gasteiger partial charge in [0.2, 0.25) is 0 Å². The molecule has 0 fully saturated rings. The van der Waals surface area contributed by atoms with Crippen molar-refractivity contribution < 1.29 is 74.4 Å². The molecule has 1 aromatic rings. The van der Waals surface area contributed by atoms with Gasteiger partial charge in [0.1, 0.15) is 24.6 Å². The zero-order chi connectivity index (χ0) is 27.0. The smallest absolute Gasteiger partial charge is 0.522 e. The van der Waals surface area contributed by atoms with Gasteiger partial charge in [0.05, 0.1) is 7.05 Å². The van der Waals surface area contributed by atoms with Gasteiger partial charge in [0, 0.05) is 6.92 Å². The molecule has 1 rings (SSSR count). The molecule has 194 valence electrons. The molecule has 0 aliphatic heterocycles. The van der Waals surface area contributed by atoms with Crippen LogP contribution < -0.4 is 10.3 Å². The Morgan fingerprint density at radius 2 is 1.34 bits per heavy atom. The Morgan fingerprint density at radius 3 is 1.38 bits per heavy atom. The predicted octanol–water partition coefficient (Wildman–Crippen LogP) is 1.83. The van der Waals surface area contributed by atoms with Gasteiger partial charge >= 0.3 is 27.3 Å². The van der Waals surface area contributed by atoms with Gasteiger partial charge in [0.25, 0.3) is 5.82 Å². The standard InChI is InChI=1S/C5H8N2.C4H7F4N.2CHF3O3S/c1-5-6-3-4-7(5)2;1-3(9,2-5)4(6,7)8;2*2-1(3,4)8(5,6)7/h3-4H,1-2H3;2,9H2,1H3;2*(H,5,6,7). The Hall–Kier alpha value is -1.71. The van der Waals surface area contributed by atoms with Crippen molar-refractivity contribution in [2.75, 3.05) is 6.67 Å². The number of nitrogens with one attached hydrogen (secondary N) is 1. The van der Waals surface area contributed by atoms with E-state index in [1.165, 1.54) is 5.82 Å². The SMILES string of the molecule is CC(N)(CF)C(F)(F)F.Cc1[nH]cc[n+]1C.O=S(=O)(O)C(F)(F)F.O=S(=O)([O-])C(F)(F)F. The topological polar surface area (TPSA) is 157 Å². The van der Waals surface area contributed by atoms with Crippen LogP contribution in [0.2, 0.25) is 0 Å². The minimum Gasteiger partial charge on any atom is -0.741 e. The second-order valence-electron chi connectivity index (χ2n) is 5.53. The van der Waals surface area contributed by atoms with E-state index in [0.717, 1.165) is 0 Å². The Kier molecular flexibility index (Phi) is 13.0. The molecule has 0 aromatic carbocycles.